The van der Waals surface area contributed by atoms with Crippen LogP contribution in [0.25, 0.3) is 0 Å². The third kappa shape index (κ3) is 4.64. The number of nitrogens with zero attached hydrogens (tertiary/aromatic N) is 1. The molecule has 0 aliphatic rings. The molecule has 0 aromatic heterocycles. The van der Waals surface area contributed by atoms with Crippen LogP contribution < -0.4 is 10.1 Å². The van der Waals surface area contributed by atoms with Crippen molar-refractivity contribution in [3.63, 3.8) is 0 Å². The molecule has 1 aromatic rings. The highest BCUT2D eigenvalue weighted by Gasteiger charge is 2.06. The van der Waals surface area contributed by atoms with Gasteiger partial charge in [0.05, 0.1) is 16.7 Å². The van der Waals surface area contributed by atoms with Crippen molar-refractivity contribution in [2.24, 2.45) is 0 Å². The molecule has 0 heterocycles. The molecular weight excluding hydrogens is 252 g/mol. The lowest BCUT2D eigenvalue weighted by Gasteiger charge is -2.08. The summed E-state index contributed by atoms with van der Waals surface area (Å²) in [5, 5.41) is 11.7. The minimum atomic E-state index is -0.177. The first-order valence-corrected chi connectivity index (χ1v) is 6.14. The minimum Gasteiger partial charge on any atom is -0.482 e. The van der Waals surface area contributed by atoms with Crippen molar-refractivity contribution in [3.8, 4) is 11.8 Å². The second kappa shape index (κ2) is 7.57. The Morgan fingerprint density at radius 1 is 1.56 bits per heavy atom. The van der Waals surface area contributed by atoms with Crippen LogP contribution in [0.5, 0.6) is 5.75 Å². The van der Waals surface area contributed by atoms with Gasteiger partial charge in [0.15, 0.2) is 6.61 Å². The number of nitriles is 1. The average molecular weight is 267 g/mol. The normalized spacial score (nSPS) is 9.61. The van der Waals surface area contributed by atoms with Crippen LogP contribution in [0.15, 0.2) is 18.2 Å². The molecule has 0 bridgehead atoms. The first kappa shape index (κ1) is 14.3. The number of unbranched alkanes of at least 4 members (excludes halogenated alkanes) is 1. The number of carbonyl (C=O) groups excluding carboxylic acids is 1. The number of halogens is 1. The van der Waals surface area contributed by atoms with Gasteiger partial charge in [-0.05, 0) is 24.6 Å². The summed E-state index contributed by atoms with van der Waals surface area (Å²) in [6, 6.07) is 6.66. The van der Waals surface area contributed by atoms with Crippen LogP contribution in [0.2, 0.25) is 5.02 Å². The maximum Gasteiger partial charge on any atom is 0.257 e. The monoisotopic (exact) mass is 266 g/mol. The number of ether oxygens (including phenoxy) is 1. The summed E-state index contributed by atoms with van der Waals surface area (Å²) in [4.78, 5) is 11.4. The molecule has 0 saturated carbocycles. The van der Waals surface area contributed by atoms with Gasteiger partial charge in [0.25, 0.3) is 5.91 Å². The zero-order valence-corrected chi connectivity index (χ0v) is 11.0. The molecule has 18 heavy (non-hydrogen) atoms. The quantitative estimate of drug-likeness (QED) is 0.805. The molecule has 0 spiro atoms. The molecule has 0 aliphatic heterocycles. The van der Waals surface area contributed by atoms with Crippen LogP contribution in [-0.2, 0) is 4.79 Å². The summed E-state index contributed by atoms with van der Waals surface area (Å²) in [6.07, 6.45) is 1.98. The predicted octanol–water partition coefficient (Wildman–Crippen LogP) is 2.51. The Labute approximate surface area is 112 Å². The van der Waals surface area contributed by atoms with Gasteiger partial charge in [-0.25, -0.2) is 0 Å². The van der Waals surface area contributed by atoms with Crippen LogP contribution in [0.4, 0.5) is 0 Å². The maximum absolute atomic E-state index is 11.4. The second-order valence-corrected chi connectivity index (χ2v) is 4.16. The molecule has 4 nitrogen and oxygen atoms in total. The van der Waals surface area contributed by atoms with Crippen LogP contribution in [-0.4, -0.2) is 19.1 Å². The first-order chi connectivity index (χ1) is 8.67. The van der Waals surface area contributed by atoms with E-state index in [4.69, 9.17) is 21.6 Å². The third-order valence-electron chi connectivity index (χ3n) is 2.27. The lowest BCUT2D eigenvalue weighted by Crippen LogP contribution is -2.29. The Balaban J connectivity index is 2.44. The van der Waals surface area contributed by atoms with E-state index in [1.807, 2.05) is 6.07 Å². The van der Waals surface area contributed by atoms with E-state index in [2.05, 4.69) is 12.2 Å². The molecule has 0 atom stereocenters. The summed E-state index contributed by atoms with van der Waals surface area (Å²) in [7, 11) is 0. The maximum atomic E-state index is 11.4. The summed E-state index contributed by atoms with van der Waals surface area (Å²) in [6.45, 7) is 2.63. The number of benzene rings is 1. The van der Waals surface area contributed by atoms with E-state index in [1.165, 1.54) is 6.07 Å². The van der Waals surface area contributed by atoms with Gasteiger partial charge in [-0.1, -0.05) is 24.9 Å². The Hall–Kier alpha value is -1.73. The van der Waals surface area contributed by atoms with Crippen molar-refractivity contribution in [2.75, 3.05) is 13.2 Å². The number of hydrogen-bond acceptors (Lipinski definition) is 3. The molecule has 0 fully saturated rings. The van der Waals surface area contributed by atoms with Gasteiger partial charge in [0, 0.05) is 6.54 Å². The fraction of sp³-hybridized carbons (Fsp3) is 0.385. The molecule has 0 radical (unpaired) electrons. The van der Waals surface area contributed by atoms with Crippen LogP contribution in [0, 0.1) is 11.3 Å². The molecule has 0 unspecified atom stereocenters. The minimum absolute atomic E-state index is 0.0741. The van der Waals surface area contributed by atoms with Gasteiger partial charge >= 0.3 is 0 Å². The fourth-order valence-electron chi connectivity index (χ4n) is 1.29. The van der Waals surface area contributed by atoms with Crippen molar-refractivity contribution in [2.45, 2.75) is 19.8 Å². The molecule has 1 rings (SSSR count). The van der Waals surface area contributed by atoms with Gasteiger partial charge in [-0.3, -0.25) is 4.79 Å². The Bertz CT molecular complexity index is 455. The van der Waals surface area contributed by atoms with Crippen LogP contribution in [0.3, 0.4) is 0 Å². The van der Waals surface area contributed by atoms with E-state index in [-0.39, 0.29) is 12.5 Å². The Morgan fingerprint density at radius 3 is 2.94 bits per heavy atom. The smallest absolute Gasteiger partial charge is 0.257 e. The molecule has 1 amide bonds. The average Bonchev–Trinajstić information content (AvgIpc) is 2.37. The molecule has 1 N–H and O–H groups in total. The standard InChI is InChI=1S/C13H15ClN2O2/c1-2-3-6-16-13(17)9-18-12-5-4-10(8-15)7-11(12)14/h4-5,7H,2-3,6,9H2,1H3,(H,16,17). The first-order valence-electron chi connectivity index (χ1n) is 5.76. The van der Waals surface area contributed by atoms with Crippen molar-refractivity contribution < 1.29 is 9.53 Å². The number of amides is 1. The summed E-state index contributed by atoms with van der Waals surface area (Å²) >= 11 is 5.91. The second-order valence-electron chi connectivity index (χ2n) is 3.75. The number of hydrogen-bond donors (Lipinski definition) is 1. The van der Waals surface area contributed by atoms with Gasteiger partial charge in [-0.2, -0.15) is 5.26 Å². The molecule has 96 valence electrons. The molecule has 0 aliphatic carbocycles. The van der Waals surface area contributed by atoms with E-state index in [0.29, 0.717) is 22.9 Å². The van der Waals surface area contributed by atoms with Gasteiger partial charge in [0.1, 0.15) is 5.75 Å². The van der Waals surface area contributed by atoms with Crippen molar-refractivity contribution in [1.82, 2.24) is 5.32 Å². The third-order valence-corrected chi connectivity index (χ3v) is 2.57. The summed E-state index contributed by atoms with van der Waals surface area (Å²) in [5.74, 6) is 0.227. The zero-order chi connectivity index (χ0) is 13.4. The van der Waals surface area contributed by atoms with Gasteiger partial charge < -0.3 is 10.1 Å². The Morgan fingerprint density at radius 2 is 2.33 bits per heavy atom. The lowest BCUT2D eigenvalue weighted by molar-refractivity contribution is -0.123. The largest absolute Gasteiger partial charge is 0.482 e. The van der Waals surface area contributed by atoms with E-state index in [1.54, 1.807) is 12.1 Å². The van der Waals surface area contributed by atoms with Crippen molar-refractivity contribution in [1.29, 1.82) is 5.26 Å². The predicted molar refractivity (Wildman–Crippen MR) is 69.6 cm³/mol. The SMILES string of the molecule is CCCCNC(=O)COc1ccc(C#N)cc1Cl. The Kier molecular flexibility index (Phi) is 6.03. The molecular formula is C13H15ClN2O2. The fourth-order valence-corrected chi connectivity index (χ4v) is 1.52. The number of rotatable bonds is 6. The van der Waals surface area contributed by atoms with Gasteiger partial charge in [-0.15, -0.1) is 0 Å². The highest BCUT2D eigenvalue weighted by atomic mass is 35.5. The zero-order valence-electron chi connectivity index (χ0n) is 10.2. The molecule has 1 aromatic carbocycles. The molecule has 0 saturated heterocycles. The lowest BCUT2D eigenvalue weighted by atomic mass is 10.2. The highest BCUT2D eigenvalue weighted by molar-refractivity contribution is 6.32. The van der Waals surface area contributed by atoms with Crippen molar-refractivity contribution in [3.05, 3.63) is 28.8 Å². The van der Waals surface area contributed by atoms with Crippen LogP contribution >= 0.6 is 11.6 Å². The number of carbonyl (C=O) groups is 1. The van der Waals surface area contributed by atoms with Crippen LogP contribution in [0.1, 0.15) is 25.3 Å². The van der Waals surface area contributed by atoms with Gasteiger partial charge in [0.2, 0.25) is 0 Å². The van der Waals surface area contributed by atoms with Crippen molar-refractivity contribution >= 4 is 17.5 Å². The summed E-state index contributed by atoms with van der Waals surface area (Å²) in [5.41, 5.74) is 0.458. The van der Waals surface area contributed by atoms with E-state index in [0.717, 1.165) is 12.8 Å². The van der Waals surface area contributed by atoms with E-state index < -0.39 is 0 Å². The van der Waals surface area contributed by atoms with E-state index >= 15 is 0 Å². The number of nitrogens with one attached hydrogen (secondary N) is 1. The highest BCUT2D eigenvalue weighted by Crippen LogP contribution is 2.24. The molecule has 5 heteroatoms. The summed E-state index contributed by atoms with van der Waals surface area (Å²) < 4.78 is 5.28. The van der Waals surface area contributed by atoms with E-state index in [9.17, 15) is 4.79 Å². The topological polar surface area (TPSA) is 62.1 Å².